The van der Waals surface area contributed by atoms with Gasteiger partial charge in [-0.1, -0.05) is 20.4 Å². The van der Waals surface area contributed by atoms with E-state index in [0.717, 1.165) is 18.4 Å². The Labute approximate surface area is 112 Å². The molecule has 2 atom stereocenters. The molecule has 96 valence electrons. The minimum Gasteiger partial charge on any atom is -0.295 e. The second-order valence-electron chi connectivity index (χ2n) is 6.58. The van der Waals surface area contributed by atoms with Gasteiger partial charge in [-0.15, -0.1) is 11.6 Å². The van der Waals surface area contributed by atoms with Gasteiger partial charge in [0.1, 0.15) is 4.87 Å². The van der Waals surface area contributed by atoms with E-state index in [2.05, 4.69) is 20.4 Å². The molecule has 3 aliphatic carbocycles. The molecule has 0 saturated heterocycles. The first-order valence-electron chi connectivity index (χ1n) is 6.40. The number of carbonyl (C=O) groups excluding carboxylic acids is 2. The molecule has 3 heteroatoms. The molecule has 0 aromatic heterocycles. The van der Waals surface area contributed by atoms with Crippen molar-refractivity contribution in [3.63, 3.8) is 0 Å². The molecular formula is C15H17ClO2. The fraction of sp³-hybridized carbons (Fsp3) is 0.600. The van der Waals surface area contributed by atoms with Crippen molar-refractivity contribution in [1.82, 2.24) is 0 Å². The molecule has 18 heavy (non-hydrogen) atoms. The summed E-state index contributed by atoms with van der Waals surface area (Å²) in [6.07, 6.45) is 4.34. The number of Topliss-reactive ketones (excluding diaryl/α,β-unsaturated/α-hetero) is 1. The van der Waals surface area contributed by atoms with Gasteiger partial charge >= 0.3 is 0 Å². The molecule has 1 spiro atoms. The number of rotatable bonds is 0. The van der Waals surface area contributed by atoms with Crippen molar-refractivity contribution >= 4 is 23.2 Å². The average Bonchev–Trinajstić information content (AvgIpc) is 2.44. The van der Waals surface area contributed by atoms with E-state index in [1.165, 1.54) is 0 Å². The third kappa shape index (κ3) is 1.15. The summed E-state index contributed by atoms with van der Waals surface area (Å²) in [5.74, 6) is -0.0276. The van der Waals surface area contributed by atoms with Crippen LogP contribution in [0.5, 0.6) is 0 Å². The van der Waals surface area contributed by atoms with E-state index in [1.54, 1.807) is 6.08 Å². The van der Waals surface area contributed by atoms with Crippen molar-refractivity contribution in [3.05, 3.63) is 23.8 Å². The highest BCUT2D eigenvalue weighted by molar-refractivity contribution is 6.42. The highest BCUT2D eigenvalue weighted by Gasteiger charge is 2.66. The molecule has 2 fully saturated rings. The Morgan fingerprint density at radius 1 is 1.33 bits per heavy atom. The Hall–Kier alpha value is -0.890. The first-order chi connectivity index (χ1) is 8.23. The molecule has 1 unspecified atom stereocenters. The quantitative estimate of drug-likeness (QED) is 0.497. The van der Waals surface area contributed by atoms with Crippen LogP contribution in [0.3, 0.4) is 0 Å². The molecule has 0 heterocycles. The van der Waals surface area contributed by atoms with Crippen LogP contribution in [-0.2, 0) is 9.59 Å². The minimum atomic E-state index is -0.952. The third-order valence-corrected chi connectivity index (χ3v) is 5.87. The molecule has 0 radical (unpaired) electrons. The predicted molar refractivity (Wildman–Crippen MR) is 70.5 cm³/mol. The van der Waals surface area contributed by atoms with Crippen molar-refractivity contribution < 1.29 is 9.59 Å². The van der Waals surface area contributed by atoms with Crippen molar-refractivity contribution in [1.29, 1.82) is 0 Å². The molecule has 0 aromatic rings. The van der Waals surface area contributed by atoms with Gasteiger partial charge in [-0.25, -0.2) is 0 Å². The van der Waals surface area contributed by atoms with E-state index in [0.29, 0.717) is 18.4 Å². The summed E-state index contributed by atoms with van der Waals surface area (Å²) in [6.45, 7) is 8.14. The number of carbonyl (C=O) groups is 2. The maximum Gasteiger partial charge on any atom is 0.184 e. The molecule has 3 aliphatic rings. The van der Waals surface area contributed by atoms with Gasteiger partial charge in [-0.2, -0.15) is 0 Å². The molecule has 2 saturated carbocycles. The SMILES string of the molecule is C=C1CC[C@]23CC1(Cl)C(=O)C2=CC(=O)CC3(C)C. The number of allylic oxidation sites excluding steroid dienone is 3. The molecule has 0 aromatic carbocycles. The van der Waals surface area contributed by atoms with Gasteiger partial charge < -0.3 is 0 Å². The standard InChI is InChI=1S/C15H17ClO2/c1-9-4-5-14-8-15(9,16)12(18)11(14)6-10(17)7-13(14,2)3/h6H,1,4-5,7-8H2,2-3H3/t14-,15?/m0/s1. The van der Waals surface area contributed by atoms with E-state index >= 15 is 0 Å². The third-order valence-electron chi connectivity index (χ3n) is 5.30. The van der Waals surface area contributed by atoms with Crippen LogP contribution >= 0.6 is 11.6 Å². The molecule has 2 nitrogen and oxygen atoms in total. The zero-order valence-corrected chi connectivity index (χ0v) is 11.6. The first kappa shape index (κ1) is 12.2. The van der Waals surface area contributed by atoms with Gasteiger partial charge in [0, 0.05) is 17.4 Å². The summed E-state index contributed by atoms with van der Waals surface area (Å²) in [4.78, 5) is 23.5. The van der Waals surface area contributed by atoms with E-state index in [-0.39, 0.29) is 22.4 Å². The van der Waals surface area contributed by atoms with Crippen LogP contribution in [0, 0.1) is 10.8 Å². The molecule has 0 N–H and O–H groups in total. The smallest absolute Gasteiger partial charge is 0.184 e. The van der Waals surface area contributed by atoms with E-state index in [4.69, 9.17) is 11.6 Å². The zero-order chi connectivity index (χ0) is 13.3. The fourth-order valence-electron chi connectivity index (χ4n) is 4.06. The molecular weight excluding hydrogens is 248 g/mol. The second kappa shape index (κ2) is 3.16. The highest BCUT2D eigenvalue weighted by Crippen LogP contribution is 2.67. The summed E-state index contributed by atoms with van der Waals surface area (Å²) < 4.78 is 0. The number of halogens is 1. The summed E-state index contributed by atoms with van der Waals surface area (Å²) in [6, 6.07) is 0. The van der Waals surface area contributed by atoms with Crippen LogP contribution in [0.1, 0.15) is 39.5 Å². The Morgan fingerprint density at radius 2 is 2.00 bits per heavy atom. The van der Waals surface area contributed by atoms with Crippen LogP contribution in [0.2, 0.25) is 0 Å². The van der Waals surface area contributed by atoms with E-state index in [1.807, 2.05) is 0 Å². The summed E-state index contributed by atoms with van der Waals surface area (Å²) >= 11 is 6.55. The first-order valence-corrected chi connectivity index (χ1v) is 6.78. The van der Waals surface area contributed by atoms with Crippen LogP contribution in [0.25, 0.3) is 0 Å². The van der Waals surface area contributed by atoms with Crippen molar-refractivity contribution in [3.8, 4) is 0 Å². The number of hydrogen-bond acceptors (Lipinski definition) is 2. The lowest BCUT2D eigenvalue weighted by Crippen LogP contribution is -2.44. The summed E-state index contributed by atoms with van der Waals surface area (Å²) in [5.41, 5.74) is 1.07. The Morgan fingerprint density at radius 3 is 2.67 bits per heavy atom. The van der Waals surface area contributed by atoms with Gasteiger partial charge in [0.05, 0.1) is 0 Å². The summed E-state index contributed by atoms with van der Waals surface area (Å²) in [7, 11) is 0. The van der Waals surface area contributed by atoms with Crippen molar-refractivity contribution in [2.24, 2.45) is 10.8 Å². The maximum absolute atomic E-state index is 12.6. The maximum atomic E-state index is 12.6. The minimum absolute atomic E-state index is 0.0485. The monoisotopic (exact) mass is 264 g/mol. The number of alkyl halides is 1. The van der Waals surface area contributed by atoms with Gasteiger partial charge in [-0.05, 0) is 36.3 Å². The number of fused-ring (bicyclic) bond motifs is 1. The zero-order valence-electron chi connectivity index (χ0n) is 10.8. The van der Waals surface area contributed by atoms with Crippen LogP contribution in [0.4, 0.5) is 0 Å². The second-order valence-corrected chi connectivity index (χ2v) is 7.22. The Bertz CT molecular complexity index is 529. The molecule has 0 amide bonds. The summed E-state index contributed by atoms with van der Waals surface area (Å²) in [5, 5.41) is 0. The molecule has 0 aliphatic heterocycles. The van der Waals surface area contributed by atoms with Crippen LogP contribution in [-0.4, -0.2) is 16.4 Å². The lowest BCUT2D eigenvalue weighted by atomic mass is 9.54. The van der Waals surface area contributed by atoms with Gasteiger partial charge in [0.15, 0.2) is 11.6 Å². The van der Waals surface area contributed by atoms with E-state index < -0.39 is 4.87 Å². The normalized spacial score (nSPS) is 41.7. The average molecular weight is 265 g/mol. The molecule has 2 bridgehead atoms. The predicted octanol–water partition coefficient (Wildman–Crippen LogP) is 3.20. The lowest BCUT2D eigenvalue weighted by Gasteiger charge is -2.49. The van der Waals surface area contributed by atoms with E-state index in [9.17, 15) is 9.59 Å². The van der Waals surface area contributed by atoms with Crippen molar-refractivity contribution in [2.45, 2.75) is 44.4 Å². The Kier molecular flexibility index (Phi) is 2.14. The Balaban J connectivity index is 2.27. The van der Waals surface area contributed by atoms with Gasteiger partial charge in [-0.3, -0.25) is 9.59 Å². The fourth-order valence-corrected chi connectivity index (χ4v) is 4.48. The van der Waals surface area contributed by atoms with Gasteiger partial charge in [0.2, 0.25) is 0 Å². The number of ketones is 2. The van der Waals surface area contributed by atoms with Crippen molar-refractivity contribution in [2.75, 3.05) is 0 Å². The van der Waals surface area contributed by atoms with Gasteiger partial charge in [0.25, 0.3) is 0 Å². The number of hydrogen-bond donors (Lipinski definition) is 0. The largest absolute Gasteiger partial charge is 0.295 e. The van der Waals surface area contributed by atoms with Crippen LogP contribution < -0.4 is 0 Å². The lowest BCUT2D eigenvalue weighted by molar-refractivity contribution is -0.121. The highest BCUT2D eigenvalue weighted by atomic mass is 35.5. The van der Waals surface area contributed by atoms with Crippen LogP contribution in [0.15, 0.2) is 23.8 Å². The molecule has 3 rings (SSSR count). The topological polar surface area (TPSA) is 34.1 Å².